The Kier molecular flexibility index (Phi) is 5.51. The first-order valence-corrected chi connectivity index (χ1v) is 7.70. The van der Waals surface area contributed by atoms with Gasteiger partial charge in [0.25, 0.3) is 0 Å². The van der Waals surface area contributed by atoms with Crippen molar-refractivity contribution in [3.8, 4) is 5.75 Å². The van der Waals surface area contributed by atoms with E-state index in [1.807, 2.05) is 36.4 Å². The van der Waals surface area contributed by atoms with Crippen LogP contribution in [0.1, 0.15) is 24.5 Å². The fourth-order valence-corrected chi connectivity index (χ4v) is 2.32. The highest BCUT2D eigenvalue weighted by molar-refractivity contribution is 6.30. The molecule has 0 heterocycles. The van der Waals surface area contributed by atoms with Crippen molar-refractivity contribution in [1.82, 2.24) is 0 Å². The van der Waals surface area contributed by atoms with Crippen molar-refractivity contribution in [1.29, 1.82) is 0 Å². The summed E-state index contributed by atoms with van der Waals surface area (Å²) < 4.78 is 6.09. The quantitative estimate of drug-likeness (QED) is 0.789. The molecule has 3 heteroatoms. The van der Waals surface area contributed by atoms with Crippen molar-refractivity contribution in [3.63, 3.8) is 0 Å². The SMILES string of the molecule is CCC(CNc1cc(Cl)ccc1C)Oc1ccccc1C. The molecule has 0 fully saturated rings. The second-order valence-electron chi connectivity index (χ2n) is 5.25. The van der Waals surface area contributed by atoms with Crippen LogP contribution in [0.5, 0.6) is 5.75 Å². The van der Waals surface area contributed by atoms with Gasteiger partial charge in [-0.15, -0.1) is 0 Å². The Morgan fingerprint density at radius 1 is 1.10 bits per heavy atom. The Morgan fingerprint density at radius 2 is 1.86 bits per heavy atom. The van der Waals surface area contributed by atoms with E-state index in [2.05, 4.69) is 32.2 Å². The van der Waals surface area contributed by atoms with Gasteiger partial charge in [-0.2, -0.15) is 0 Å². The summed E-state index contributed by atoms with van der Waals surface area (Å²) in [7, 11) is 0. The standard InChI is InChI=1S/C18H22ClNO/c1-4-16(21-18-8-6-5-7-14(18)3)12-20-17-11-15(19)10-9-13(17)2/h5-11,16,20H,4,12H2,1-3H3. The Labute approximate surface area is 132 Å². The molecule has 0 aliphatic heterocycles. The molecule has 21 heavy (non-hydrogen) atoms. The third-order valence-corrected chi connectivity index (χ3v) is 3.80. The number of benzene rings is 2. The molecule has 0 aliphatic carbocycles. The summed E-state index contributed by atoms with van der Waals surface area (Å²) in [5, 5.41) is 4.18. The summed E-state index contributed by atoms with van der Waals surface area (Å²) >= 11 is 6.05. The predicted molar refractivity (Wildman–Crippen MR) is 90.6 cm³/mol. The lowest BCUT2D eigenvalue weighted by Gasteiger charge is -2.20. The molecular weight excluding hydrogens is 282 g/mol. The third kappa shape index (κ3) is 4.40. The van der Waals surface area contributed by atoms with Gasteiger partial charge in [0.05, 0.1) is 6.54 Å². The Hall–Kier alpha value is -1.67. The van der Waals surface area contributed by atoms with E-state index in [9.17, 15) is 0 Å². The van der Waals surface area contributed by atoms with Gasteiger partial charge in [-0.25, -0.2) is 0 Å². The maximum absolute atomic E-state index is 6.09. The molecule has 0 radical (unpaired) electrons. The summed E-state index contributed by atoms with van der Waals surface area (Å²) in [6.45, 7) is 7.03. The summed E-state index contributed by atoms with van der Waals surface area (Å²) in [4.78, 5) is 0. The van der Waals surface area contributed by atoms with Crippen LogP contribution in [-0.2, 0) is 0 Å². The Morgan fingerprint density at radius 3 is 2.57 bits per heavy atom. The highest BCUT2D eigenvalue weighted by atomic mass is 35.5. The number of hydrogen-bond donors (Lipinski definition) is 1. The molecule has 0 saturated carbocycles. The number of nitrogens with one attached hydrogen (secondary N) is 1. The van der Waals surface area contributed by atoms with Gasteiger partial charge in [0.15, 0.2) is 0 Å². The second-order valence-corrected chi connectivity index (χ2v) is 5.69. The lowest BCUT2D eigenvalue weighted by molar-refractivity contribution is 0.208. The van der Waals surface area contributed by atoms with Gasteiger partial charge in [-0.05, 0) is 49.6 Å². The zero-order valence-corrected chi connectivity index (χ0v) is 13.6. The van der Waals surface area contributed by atoms with Crippen LogP contribution >= 0.6 is 11.6 Å². The molecule has 0 aliphatic rings. The van der Waals surface area contributed by atoms with Crippen LogP contribution in [0, 0.1) is 13.8 Å². The van der Waals surface area contributed by atoms with Gasteiger partial charge in [-0.1, -0.05) is 42.8 Å². The number of anilines is 1. The first-order valence-electron chi connectivity index (χ1n) is 7.32. The summed E-state index contributed by atoms with van der Waals surface area (Å²) in [6.07, 6.45) is 1.07. The minimum atomic E-state index is 0.129. The predicted octanol–water partition coefficient (Wildman–Crippen LogP) is 5.23. The molecular formula is C18H22ClNO. The topological polar surface area (TPSA) is 21.3 Å². The number of rotatable bonds is 6. The molecule has 0 bridgehead atoms. The highest BCUT2D eigenvalue weighted by Crippen LogP contribution is 2.22. The van der Waals surface area contributed by atoms with Gasteiger partial charge in [0, 0.05) is 10.7 Å². The van der Waals surface area contributed by atoms with E-state index >= 15 is 0 Å². The molecule has 2 aromatic rings. The van der Waals surface area contributed by atoms with E-state index in [0.29, 0.717) is 0 Å². The largest absolute Gasteiger partial charge is 0.488 e. The lowest BCUT2D eigenvalue weighted by Crippen LogP contribution is -2.25. The van der Waals surface area contributed by atoms with Crippen molar-refractivity contribution < 1.29 is 4.74 Å². The minimum absolute atomic E-state index is 0.129. The fourth-order valence-electron chi connectivity index (χ4n) is 2.15. The van der Waals surface area contributed by atoms with E-state index in [1.54, 1.807) is 0 Å². The molecule has 2 rings (SSSR count). The van der Waals surface area contributed by atoms with Crippen molar-refractivity contribution >= 4 is 17.3 Å². The van der Waals surface area contributed by atoms with Crippen LogP contribution in [0.2, 0.25) is 5.02 Å². The van der Waals surface area contributed by atoms with Crippen molar-refractivity contribution in [2.24, 2.45) is 0 Å². The van der Waals surface area contributed by atoms with Crippen LogP contribution in [-0.4, -0.2) is 12.6 Å². The van der Waals surface area contributed by atoms with E-state index in [4.69, 9.17) is 16.3 Å². The molecule has 0 aromatic heterocycles. The smallest absolute Gasteiger partial charge is 0.122 e. The first kappa shape index (κ1) is 15.7. The average molecular weight is 304 g/mol. The Bertz CT molecular complexity index is 598. The molecule has 0 amide bonds. The molecule has 1 unspecified atom stereocenters. The summed E-state index contributed by atoms with van der Waals surface area (Å²) in [5.74, 6) is 0.953. The van der Waals surface area contributed by atoms with E-state index in [0.717, 1.165) is 35.0 Å². The van der Waals surface area contributed by atoms with Crippen molar-refractivity contribution in [3.05, 3.63) is 58.6 Å². The van der Waals surface area contributed by atoms with Crippen LogP contribution < -0.4 is 10.1 Å². The molecule has 2 aromatic carbocycles. The number of halogens is 1. The van der Waals surface area contributed by atoms with Crippen molar-refractivity contribution in [2.45, 2.75) is 33.3 Å². The van der Waals surface area contributed by atoms with Gasteiger partial charge in [-0.3, -0.25) is 0 Å². The number of hydrogen-bond acceptors (Lipinski definition) is 2. The van der Waals surface area contributed by atoms with E-state index in [-0.39, 0.29) is 6.10 Å². The molecule has 1 atom stereocenters. The summed E-state index contributed by atoms with van der Waals surface area (Å²) in [6, 6.07) is 14.0. The van der Waals surface area contributed by atoms with Crippen LogP contribution in [0.4, 0.5) is 5.69 Å². The first-order chi connectivity index (χ1) is 10.1. The van der Waals surface area contributed by atoms with Crippen molar-refractivity contribution in [2.75, 3.05) is 11.9 Å². The zero-order valence-electron chi connectivity index (χ0n) is 12.8. The number of para-hydroxylation sites is 1. The van der Waals surface area contributed by atoms with E-state index < -0.39 is 0 Å². The zero-order chi connectivity index (χ0) is 15.2. The molecule has 0 spiro atoms. The normalized spacial score (nSPS) is 12.0. The van der Waals surface area contributed by atoms with E-state index in [1.165, 1.54) is 5.56 Å². The lowest BCUT2D eigenvalue weighted by atomic mass is 10.2. The highest BCUT2D eigenvalue weighted by Gasteiger charge is 2.10. The minimum Gasteiger partial charge on any atom is -0.488 e. The summed E-state index contributed by atoms with van der Waals surface area (Å²) in [5.41, 5.74) is 3.41. The fraction of sp³-hybridized carbons (Fsp3) is 0.333. The average Bonchev–Trinajstić information content (AvgIpc) is 2.48. The molecule has 0 saturated heterocycles. The molecule has 112 valence electrons. The van der Waals surface area contributed by atoms with Gasteiger partial charge < -0.3 is 10.1 Å². The Balaban J connectivity index is 2.00. The van der Waals surface area contributed by atoms with Crippen LogP contribution in [0.15, 0.2) is 42.5 Å². The molecule has 1 N–H and O–H groups in total. The molecule has 2 nitrogen and oxygen atoms in total. The number of aryl methyl sites for hydroxylation is 2. The van der Waals surface area contributed by atoms with Gasteiger partial charge >= 0.3 is 0 Å². The van der Waals surface area contributed by atoms with Crippen LogP contribution in [0.3, 0.4) is 0 Å². The second kappa shape index (κ2) is 7.37. The maximum Gasteiger partial charge on any atom is 0.122 e. The van der Waals surface area contributed by atoms with Gasteiger partial charge in [0.1, 0.15) is 11.9 Å². The van der Waals surface area contributed by atoms with Crippen LogP contribution in [0.25, 0.3) is 0 Å². The van der Waals surface area contributed by atoms with Gasteiger partial charge in [0.2, 0.25) is 0 Å². The monoisotopic (exact) mass is 303 g/mol. The number of ether oxygens (including phenoxy) is 1. The third-order valence-electron chi connectivity index (χ3n) is 3.56. The maximum atomic E-state index is 6.09.